The Morgan fingerprint density at radius 2 is 2.15 bits per heavy atom. The Hall–Kier alpha value is -0.970. The van der Waals surface area contributed by atoms with Crippen molar-refractivity contribution < 1.29 is 18.3 Å². The number of aliphatic hydroxyl groups excluding tert-OH is 1. The molecule has 1 aliphatic rings. The van der Waals surface area contributed by atoms with Gasteiger partial charge in [0.15, 0.2) is 0 Å². The number of aromatic nitrogens is 1. The number of H-pyrrole nitrogens is 1. The van der Waals surface area contributed by atoms with Crippen molar-refractivity contribution in [3.8, 4) is 0 Å². The maximum absolute atomic E-state index is 12.3. The highest BCUT2D eigenvalue weighted by Gasteiger charge is 2.39. The molecule has 1 heterocycles. The van der Waals surface area contributed by atoms with E-state index in [2.05, 4.69) is 4.98 Å². The number of hydrogen-bond donors (Lipinski definition) is 2. The van der Waals surface area contributed by atoms with E-state index in [9.17, 15) is 18.3 Å². The largest absolute Gasteiger partial charge is 0.418 e. The topological polar surface area (TPSA) is 36.0 Å². The molecule has 0 spiro atoms. The second-order valence-electron chi connectivity index (χ2n) is 3.15. The van der Waals surface area contributed by atoms with Crippen LogP contribution in [0.25, 0.3) is 0 Å². The van der Waals surface area contributed by atoms with Gasteiger partial charge in [0.2, 0.25) is 0 Å². The summed E-state index contributed by atoms with van der Waals surface area (Å²) >= 11 is 0. The van der Waals surface area contributed by atoms with Crippen molar-refractivity contribution in [2.75, 3.05) is 0 Å². The molecule has 0 fully saturated rings. The molecule has 0 radical (unpaired) electrons. The quantitative estimate of drug-likeness (QED) is 0.646. The van der Waals surface area contributed by atoms with Crippen molar-refractivity contribution in [1.82, 2.24) is 4.98 Å². The monoisotopic (exact) mass is 191 g/mol. The molecule has 0 amide bonds. The summed E-state index contributed by atoms with van der Waals surface area (Å²) in [7, 11) is 0. The molecule has 1 atom stereocenters. The Morgan fingerprint density at radius 1 is 1.46 bits per heavy atom. The van der Waals surface area contributed by atoms with E-state index in [0.717, 1.165) is 6.20 Å². The first-order valence-electron chi connectivity index (χ1n) is 3.95. The van der Waals surface area contributed by atoms with Crippen LogP contribution < -0.4 is 0 Å². The molecule has 0 saturated heterocycles. The van der Waals surface area contributed by atoms with Crippen LogP contribution in [-0.2, 0) is 12.6 Å². The van der Waals surface area contributed by atoms with Crippen LogP contribution in [0.15, 0.2) is 6.20 Å². The number of halogens is 3. The molecule has 5 heteroatoms. The molecule has 2 N–H and O–H groups in total. The van der Waals surface area contributed by atoms with Gasteiger partial charge in [0.05, 0.1) is 11.7 Å². The molecule has 0 aromatic carbocycles. The second-order valence-corrected chi connectivity index (χ2v) is 3.15. The van der Waals surface area contributed by atoms with Gasteiger partial charge < -0.3 is 10.1 Å². The second kappa shape index (κ2) is 2.51. The van der Waals surface area contributed by atoms with Crippen LogP contribution in [0.3, 0.4) is 0 Å². The Labute approximate surface area is 72.4 Å². The number of aliphatic hydroxyl groups is 1. The predicted molar refractivity (Wildman–Crippen MR) is 39.1 cm³/mol. The van der Waals surface area contributed by atoms with Gasteiger partial charge in [-0.1, -0.05) is 0 Å². The number of aryl methyl sites for hydroxylation is 1. The minimum absolute atomic E-state index is 0.0347. The number of aromatic amines is 1. The average molecular weight is 191 g/mol. The number of hydrogen-bond acceptors (Lipinski definition) is 1. The molecule has 13 heavy (non-hydrogen) atoms. The van der Waals surface area contributed by atoms with Gasteiger partial charge in [-0.3, -0.25) is 0 Å². The van der Waals surface area contributed by atoms with Gasteiger partial charge in [-0.15, -0.1) is 0 Å². The maximum Gasteiger partial charge on any atom is 0.418 e. The Balaban J connectivity index is 2.50. The van der Waals surface area contributed by atoms with E-state index in [1.54, 1.807) is 0 Å². The van der Waals surface area contributed by atoms with Gasteiger partial charge in [0.25, 0.3) is 0 Å². The van der Waals surface area contributed by atoms with Crippen molar-refractivity contribution >= 4 is 0 Å². The summed E-state index contributed by atoms with van der Waals surface area (Å²) in [6.45, 7) is 0. The van der Waals surface area contributed by atoms with Gasteiger partial charge in [-0.05, 0) is 12.8 Å². The van der Waals surface area contributed by atoms with Crippen LogP contribution in [0.5, 0.6) is 0 Å². The molecule has 2 rings (SSSR count). The predicted octanol–water partition coefficient (Wildman–Crippen LogP) is 2.01. The molecular formula is C8H8F3NO. The Morgan fingerprint density at radius 3 is 2.77 bits per heavy atom. The van der Waals surface area contributed by atoms with Crippen molar-refractivity contribution in [1.29, 1.82) is 0 Å². The number of nitrogens with one attached hydrogen (secondary N) is 1. The van der Waals surface area contributed by atoms with E-state index in [0.29, 0.717) is 18.5 Å². The van der Waals surface area contributed by atoms with Gasteiger partial charge in [-0.25, -0.2) is 0 Å². The molecular weight excluding hydrogens is 183 g/mol. The SMILES string of the molecule is OC1CCc2[nH]cc(C(F)(F)F)c21. The van der Waals surface area contributed by atoms with Crippen molar-refractivity contribution in [3.63, 3.8) is 0 Å². The summed E-state index contributed by atoms with van der Waals surface area (Å²) in [6.07, 6.45) is -3.53. The Kier molecular flexibility index (Phi) is 1.66. The third kappa shape index (κ3) is 1.23. The van der Waals surface area contributed by atoms with Crippen LogP contribution >= 0.6 is 0 Å². The Bertz CT molecular complexity index is 329. The fourth-order valence-corrected chi connectivity index (χ4v) is 1.72. The summed E-state index contributed by atoms with van der Waals surface area (Å²) in [4.78, 5) is 2.54. The van der Waals surface area contributed by atoms with Crippen molar-refractivity contribution in [2.24, 2.45) is 0 Å². The van der Waals surface area contributed by atoms with Crippen molar-refractivity contribution in [2.45, 2.75) is 25.1 Å². The summed E-state index contributed by atoms with van der Waals surface area (Å²) in [5, 5.41) is 9.29. The van der Waals surface area contributed by atoms with Crippen LogP contribution in [0, 0.1) is 0 Å². The molecule has 0 saturated carbocycles. The highest BCUT2D eigenvalue weighted by atomic mass is 19.4. The molecule has 1 aromatic heterocycles. The van der Waals surface area contributed by atoms with Crippen molar-refractivity contribution in [3.05, 3.63) is 23.0 Å². The van der Waals surface area contributed by atoms with Gasteiger partial charge in [0, 0.05) is 17.5 Å². The van der Waals surface area contributed by atoms with E-state index in [1.807, 2.05) is 0 Å². The van der Waals surface area contributed by atoms with Crippen LogP contribution in [0.4, 0.5) is 13.2 Å². The highest BCUT2D eigenvalue weighted by Crippen LogP contribution is 2.41. The first kappa shape index (κ1) is 8.62. The minimum atomic E-state index is -4.37. The van der Waals surface area contributed by atoms with E-state index in [-0.39, 0.29) is 5.56 Å². The molecule has 1 aliphatic carbocycles. The van der Waals surface area contributed by atoms with Gasteiger partial charge in [-0.2, -0.15) is 13.2 Å². The summed E-state index contributed by atoms with van der Waals surface area (Å²) in [5.74, 6) is 0. The van der Waals surface area contributed by atoms with Crippen LogP contribution in [0.2, 0.25) is 0 Å². The van der Waals surface area contributed by atoms with Gasteiger partial charge in [0.1, 0.15) is 0 Å². The van der Waals surface area contributed by atoms with Crippen LogP contribution in [0.1, 0.15) is 29.3 Å². The lowest BCUT2D eigenvalue weighted by molar-refractivity contribution is -0.138. The standard InChI is InChI=1S/C8H8F3NO/c9-8(10,11)4-3-12-5-1-2-6(13)7(4)5/h3,6,12-13H,1-2H2. The lowest BCUT2D eigenvalue weighted by Gasteiger charge is -2.08. The fraction of sp³-hybridized carbons (Fsp3) is 0.500. The maximum atomic E-state index is 12.3. The summed E-state index contributed by atoms with van der Waals surface area (Å²) in [6, 6.07) is 0. The minimum Gasteiger partial charge on any atom is -0.388 e. The molecule has 72 valence electrons. The third-order valence-corrected chi connectivity index (χ3v) is 2.31. The third-order valence-electron chi connectivity index (χ3n) is 2.31. The van der Waals surface area contributed by atoms with E-state index in [1.165, 1.54) is 0 Å². The lowest BCUT2D eigenvalue weighted by Crippen LogP contribution is -2.08. The van der Waals surface area contributed by atoms with Gasteiger partial charge >= 0.3 is 6.18 Å². The molecule has 0 bridgehead atoms. The van der Waals surface area contributed by atoms with Crippen LogP contribution in [-0.4, -0.2) is 10.1 Å². The highest BCUT2D eigenvalue weighted by molar-refractivity contribution is 5.38. The number of fused-ring (bicyclic) bond motifs is 1. The summed E-state index contributed by atoms with van der Waals surface area (Å²) in [5.41, 5.74) is -0.181. The fourth-order valence-electron chi connectivity index (χ4n) is 1.72. The first-order chi connectivity index (χ1) is 6.00. The zero-order valence-corrected chi connectivity index (χ0v) is 6.65. The molecule has 2 nitrogen and oxygen atoms in total. The van der Waals surface area contributed by atoms with E-state index in [4.69, 9.17) is 0 Å². The normalized spacial score (nSPS) is 22.0. The number of alkyl halides is 3. The first-order valence-corrected chi connectivity index (χ1v) is 3.95. The van der Waals surface area contributed by atoms with E-state index >= 15 is 0 Å². The zero-order chi connectivity index (χ0) is 9.64. The summed E-state index contributed by atoms with van der Waals surface area (Å²) < 4.78 is 37.0. The zero-order valence-electron chi connectivity index (χ0n) is 6.65. The molecule has 1 unspecified atom stereocenters. The molecule has 1 aromatic rings. The smallest absolute Gasteiger partial charge is 0.388 e. The number of rotatable bonds is 0. The lowest BCUT2D eigenvalue weighted by atomic mass is 10.1. The van der Waals surface area contributed by atoms with E-state index < -0.39 is 17.8 Å². The molecule has 0 aliphatic heterocycles. The average Bonchev–Trinajstić information content (AvgIpc) is 2.51.